The summed E-state index contributed by atoms with van der Waals surface area (Å²) >= 11 is 0. The predicted molar refractivity (Wildman–Crippen MR) is 71.0 cm³/mol. The number of hydrogen-bond donors (Lipinski definition) is 0. The van der Waals surface area contributed by atoms with Gasteiger partial charge in [0.25, 0.3) is 0 Å². The maximum Gasteiger partial charge on any atom is -0.0203 e. The Bertz CT molecular complexity index is 157. The molecule has 0 aromatic carbocycles. The number of rotatable bonds is 8. The predicted octanol–water partition coefficient (Wildman–Crippen LogP) is 5.30. The minimum absolute atomic E-state index is 0.719. The second kappa shape index (κ2) is 7.96. The van der Waals surface area contributed by atoms with Gasteiger partial charge in [-0.1, -0.05) is 60.0 Å². The molecule has 90 valence electrons. The van der Waals surface area contributed by atoms with Crippen LogP contribution in [0, 0.1) is 23.7 Å². The summed E-state index contributed by atoms with van der Waals surface area (Å²) in [4.78, 5) is 0. The molecule has 15 heavy (non-hydrogen) atoms. The molecular formula is C15H30. The number of hydrogen-bond acceptors (Lipinski definition) is 0. The standard InChI is InChI=1S/C15H30/c1-7-10-13(6)15(9-3)14(8-2)11-12(4)5/h8,12-15H,2,7,9-11H2,1,3-6H3. The van der Waals surface area contributed by atoms with E-state index in [0.29, 0.717) is 0 Å². The monoisotopic (exact) mass is 210 g/mol. The van der Waals surface area contributed by atoms with Crippen molar-refractivity contribution in [3.63, 3.8) is 0 Å². The van der Waals surface area contributed by atoms with E-state index in [1.165, 1.54) is 25.7 Å². The van der Waals surface area contributed by atoms with Crippen molar-refractivity contribution in [3.8, 4) is 0 Å². The van der Waals surface area contributed by atoms with Gasteiger partial charge in [0.1, 0.15) is 0 Å². The average molecular weight is 210 g/mol. The van der Waals surface area contributed by atoms with Gasteiger partial charge in [-0.2, -0.15) is 0 Å². The summed E-state index contributed by atoms with van der Waals surface area (Å²) in [5, 5.41) is 0. The fourth-order valence-electron chi connectivity index (χ4n) is 2.79. The summed E-state index contributed by atoms with van der Waals surface area (Å²) in [6.45, 7) is 15.7. The first kappa shape index (κ1) is 14.7. The molecule has 0 rings (SSSR count). The van der Waals surface area contributed by atoms with Crippen molar-refractivity contribution in [2.75, 3.05) is 0 Å². The summed E-state index contributed by atoms with van der Waals surface area (Å²) in [7, 11) is 0. The van der Waals surface area contributed by atoms with Crippen LogP contribution in [-0.4, -0.2) is 0 Å². The van der Waals surface area contributed by atoms with E-state index in [0.717, 1.165) is 23.7 Å². The van der Waals surface area contributed by atoms with Crippen LogP contribution in [-0.2, 0) is 0 Å². The highest BCUT2D eigenvalue weighted by Gasteiger charge is 2.23. The first-order chi connectivity index (χ1) is 7.06. The highest BCUT2D eigenvalue weighted by Crippen LogP contribution is 2.32. The van der Waals surface area contributed by atoms with Gasteiger partial charge in [0.15, 0.2) is 0 Å². The Balaban J connectivity index is 4.38. The van der Waals surface area contributed by atoms with E-state index in [9.17, 15) is 0 Å². The van der Waals surface area contributed by atoms with Crippen LogP contribution in [0.25, 0.3) is 0 Å². The zero-order chi connectivity index (χ0) is 11.8. The fourth-order valence-corrected chi connectivity index (χ4v) is 2.79. The SMILES string of the molecule is C=CC(CC(C)C)C(CC)C(C)CCC. The molecule has 0 saturated carbocycles. The summed E-state index contributed by atoms with van der Waals surface area (Å²) in [5.74, 6) is 3.19. The fraction of sp³-hybridized carbons (Fsp3) is 0.867. The van der Waals surface area contributed by atoms with Crippen LogP contribution in [0.1, 0.15) is 60.3 Å². The Morgan fingerprint density at radius 1 is 1.13 bits per heavy atom. The molecule has 0 aromatic rings. The molecule has 0 bridgehead atoms. The molecule has 0 N–H and O–H groups in total. The molecule has 0 heteroatoms. The largest absolute Gasteiger partial charge is 0.103 e. The molecule has 0 amide bonds. The van der Waals surface area contributed by atoms with Crippen LogP contribution in [0.3, 0.4) is 0 Å². The molecule has 0 aromatic heterocycles. The highest BCUT2D eigenvalue weighted by molar-refractivity contribution is 4.87. The van der Waals surface area contributed by atoms with Crippen molar-refractivity contribution in [2.24, 2.45) is 23.7 Å². The van der Waals surface area contributed by atoms with Crippen LogP contribution < -0.4 is 0 Å². The third-order valence-corrected chi connectivity index (χ3v) is 3.54. The molecular weight excluding hydrogens is 180 g/mol. The van der Waals surface area contributed by atoms with Gasteiger partial charge >= 0.3 is 0 Å². The molecule has 3 atom stereocenters. The van der Waals surface area contributed by atoms with Gasteiger partial charge in [-0.3, -0.25) is 0 Å². The van der Waals surface area contributed by atoms with E-state index in [1.807, 2.05) is 0 Å². The van der Waals surface area contributed by atoms with Crippen LogP contribution in [0.15, 0.2) is 12.7 Å². The van der Waals surface area contributed by atoms with E-state index in [2.05, 4.69) is 47.3 Å². The quantitative estimate of drug-likeness (QED) is 0.477. The van der Waals surface area contributed by atoms with E-state index in [-0.39, 0.29) is 0 Å². The van der Waals surface area contributed by atoms with Gasteiger partial charge in [-0.05, 0) is 30.1 Å². The molecule has 0 aliphatic heterocycles. The van der Waals surface area contributed by atoms with Crippen molar-refractivity contribution in [3.05, 3.63) is 12.7 Å². The van der Waals surface area contributed by atoms with Crippen molar-refractivity contribution in [1.82, 2.24) is 0 Å². The minimum atomic E-state index is 0.719. The molecule has 0 heterocycles. The van der Waals surface area contributed by atoms with Gasteiger partial charge < -0.3 is 0 Å². The smallest absolute Gasteiger partial charge is 0.0203 e. The van der Waals surface area contributed by atoms with Crippen LogP contribution in [0.4, 0.5) is 0 Å². The third kappa shape index (κ3) is 5.39. The maximum atomic E-state index is 4.03. The Labute approximate surface area is 97.2 Å². The van der Waals surface area contributed by atoms with Gasteiger partial charge in [0.2, 0.25) is 0 Å². The van der Waals surface area contributed by atoms with Crippen LogP contribution in [0.2, 0.25) is 0 Å². The van der Waals surface area contributed by atoms with Crippen LogP contribution in [0.5, 0.6) is 0 Å². The Morgan fingerprint density at radius 3 is 2.07 bits per heavy atom. The number of allylic oxidation sites excluding steroid dienone is 1. The minimum Gasteiger partial charge on any atom is -0.103 e. The zero-order valence-electron chi connectivity index (χ0n) is 11.4. The first-order valence-corrected chi connectivity index (χ1v) is 6.69. The summed E-state index contributed by atoms with van der Waals surface area (Å²) in [6.07, 6.45) is 7.46. The van der Waals surface area contributed by atoms with Gasteiger partial charge in [0.05, 0.1) is 0 Å². The Morgan fingerprint density at radius 2 is 1.73 bits per heavy atom. The van der Waals surface area contributed by atoms with Crippen molar-refractivity contribution in [2.45, 2.75) is 60.3 Å². The lowest BCUT2D eigenvalue weighted by Gasteiger charge is -2.30. The van der Waals surface area contributed by atoms with Crippen molar-refractivity contribution in [1.29, 1.82) is 0 Å². The first-order valence-electron chi connectivity index (χ1n) is 6.69. The second-order valence-corrected chi connectivity index (χ2v) is 5.37. The van der Waals surface area contributed by atoms with E-state index >= 15 is 0 Å². The Hall–Kier alpha value is -0.260. The lowest BCUT2D eigenvalue weighted by atomic mass is 9.75. The van der Waals surface area contributed by atoms with Gasteiger partial charge in [-0.25, -0.2) is 0 Å². The normalized spacial score (nSPS) is 17.5. The molecule has 0 spiro atoms. The zero-order valence-corrected chi connectivity index (χ0v) is 11.4. The van der Waals surface area contributed by atoms with E-state index in [1.54, 1.807) is 0 Å². The molecule has 0 radical (unpaired) electrons. The third-order valence-electron chi connectivity index (χ3n) is 3.54. The van der Waals surface area contributed by atoms with Gasteiger partial charge in [0, 0.05) is 0 Å². The molecule has 0 fully saturated rings. The van der Waals surface area contributed by atoms with Crippen molar-refractivity contribution < 1.29 is 0 Å². The summed E-state index contributed by atoms with van der Waals surface area (Å²) in [6, 6.07) is 0. The second-order valence-electron chi connectivity index (χ2n) is 5.37. The summed E-state index contributed by atoms with van der Waals surface area (Å²) in [5.41, 5.74) is 0. The molecule has 0 aliphatic rings. The van der Waals surface area contributed by atoms with Crippen LogP contribution >= 0.6 is 0 Å². The van der Waals surface area contributed by atoms with Gasteiger partial charge in [-0.15, -0.1) is 6.58 Å². The maximum absolute atomic E-state index is 4.03. The van der Waals surface area contributed by atoms with E-state index < -0.39 is 0 Å². The molecule has 3 unspecified atom stereocenters. The topological polar surface area (TPSA) is 0 Å². The lowest BCUT2D eigenvalue weighted by Crippen LogP contribution is -2.21. The van der Waals surface area contributed by atoms with Crippen molar-refractivity contribution >= 4 is 0 Å². The van der Waals surface area contributed by atoms with E-state index in [4.69, 9.17) is 0 Å². The molecule has 0 nitrogen and oxygen atoms in total. The highest BCUT2D eigenvalue weighted by atomic mass is 14.3. The summed E-state index contributed by atoms with van der Waals surface area (Å²) < 4.78 is 0. The molecule has 0 aliphatic carbocycles. The average Bonchev–Trinajstić information content (AvgIpc) is 2.17. The molecule has 0 saturated heterocycles. The Kier molecular flexibility index (Phi) is 7.82. The lowest BCUT2D eigenvalue weighted by molar-refractivity contribution is 0.230.